The predicted octanol–water partition coefficient (Wildman–Crippen LogP) is 2.50. The third-order valence-corrected chi connectivity index (χ3v) is 3.16. The molecule has 0 unspecified atom stereocenters. The summed E-state index contributed by atoms with van der Waals surface area (Å²) in [5, 5.41) is 7.04. The average molecular weight is 293 g/mol. The van der Waals surface area contributed by atoms with Crippen molar-refractivity contribution in [1.82, 2.24) is 20.2 Å². The molecule has 108 valence electrons. The van der Waals surface area contributed by atoms with E-state index in [9.17, 15) is 13.2 Å². The number of hydrogen-bond acceptors (Lipinski definition) is 4. The van der Waals surface area contributed by atoms with E-state index in [4.69, 9.17) is 5.73 Å². The van der Waals surface area contributed by atoms with Crippen molar-refractivity contribution >= 4 is 11.0 Å². The number of benzene rings is 1. The lowest BCUT2D eigenvalue weighted by Gasteiger charge is -2.13. The zero-order valence-electron chi connectivity index (χ0n) is 10.6. The molecule has 0 saturated heterocycles. The number of alkyl halides is 3. The molecule has 0 atom stereocenters. The minimum atomic E-state index is -4.47. The van der Waals surface area contributed by atoms with Gasteiger partial charge in [-0.2, -0.15) is 18.3 Å². The number of H-pyrrole nitrogens is 1. The van der Waals surface area contributed by atoms with Crippen molar-refractivity contribution in [3.63, 3.8) is 0 Å². The van der Waals surface area contributed by atoms with Crippen molar-refractivity contribution in [3.8, 4) is 11.3 Å². The third kappa shape index (κ3) is 2.33. The van der Waals surface area contributed by atoms with Gasteiger partial charge < -0.3 is 5.73 Å². The van der Waals surface area contributed by atoms with Gasteiger partial charge in [0.25, 0.3) is 0 Å². The number of hydrogen-bond donors (Lipinski definition) is 2. The number of fused-ring (bicyclic) bond motifs is 1. The Labute approximate surface area is 117 Å². The highest BCUT2D eigenvalue weighted by molar-refractivity contribution is 5.89. The highest BCUT2D eigenvalue weighted by atomic mass is 19.4. The van der Waals surface area contributed by atoms with Crippen molar-refractivity contribution in [3.05, 3.63) is 41.9 Å². The number of nitrogens with one attached hydrogen (secondary N) is 1. The Morgan fingerprint density at radius 2 is 2.00 bits per heavy atom. The van der Waals surface area contributed by atoms with Crippen molar-refractivity contribution in [2.75, 3.05) is 0 Å². The van der Waals surface area contributed by atoms with Crippen LogP contribution in [0.1, 0.15) is 11.1 Å². The lowest BCUT2D eigenvalue weighted by Crippen LogP contribution is -2.12. The number of rotatable bonds is 2. The van der Waals surface area contributed by atoms with Gasteiger partial charge in [0.15, 0.2) is 5.65 Å². The molecular formula is C13H10F3N5. The van der Waals surface area contributed by atoms with Gasteiger partial charge in [0.05, 0.1) is 22.8 Å². The SMILES string of the molecule is NCc1ccc(-c2ncnc3[nH]ncc23)cc1C(F)(F)F. The van der Waals surface area contributed by atoms with E-state index < -0.39 is 11.7 Å². The van der Waals surface area contributed by atoms with Gasteiger partial charge >= 0.3 is 6.18 Å². The van der Waals surface area contributed by atoms with Crippen LogP contribution >= 0.6 is 0 Å². The van der Waals surface area contributed by atoms with Crippen LogP contribution in [-0.2, 0) is 12.7 Å². The summed E-state index contributed by atoms with van der Waals surface area (Å²) < 4.78 is 39.2. The van der Waals surface area contributed by atoms with Crippen molar-refractivity contribution < 1.29 is 13.2 Å². The second-order valence-electron chi connectivity index (χ2n) is 4.43. The summed E-state index contributed by atoms with van der Waals surface area (Å²) in [5.41, 5.74) is 5.86. The molecule has 2 aromatic heterocycles. The minimum Gasteiger partial charge on any atom is -0.326 e. The molecule has 0 bridgehead atoms. The molecule has 1 aromatic carbocycles. The van der Waals surface area contributed by atoms with Crippen molar-refractivity contribution in [1.29, 1.82) is 0 Å². The van der Waals surface area contributed by atoms with Crippen LogP contribution in [0.5, 0.6) is 0 Å². The summed E-state index contributed by atoms with van der Waals surface area (Å²) in [6.45, 7) is -0.181. The third-order valence-electron chi connectivity index (χ3n) is 3.16. The summed E-state index contributed by atoms with van der Waals surface area (Å²) in [6, 6.07) is 3.98. The molecule has 0 spiro atoms. The van der Waals surface area contributed by atoms with Gasteiger partial charge in [-0.05, 0) is 11.6 Å². The molecule has 0 aliphatic rings. The van der Waals surface area contributed by atoms with E-state index in [2.05, 4.69) is 20.2 Å². The fourth-order valence-corrected chi connectivity index (χ4v) is 2.16. The number of nitrogens with two attached hydrogens (primary N) is 1. The quantitative estimate of drug-likeness (QED) is 0.760. The van der Waals surface area contributed by atoms with Gasteiger partial charge in [0.2, 0.25) is 0 Å². The fraction of sp³-hybridized carbons (Fsp3) is 0.154. The molecule has 2 heterocycles. The number of halogens is 3. The smallest absolute Gasteiger partial charge is 0.326 e. The standard InChI is InChI=1S/C13H10F3N5/c14-13(15,16)10-3-7(1-2-8(10)4-17)11-9-5-20-21-12(9)19-6-18-11/h1-3,5-6H,4,17H2,(H,18,19,20,21). The Bertz CT molecular complexity index is 794. The maximum absolute atomic E-state index is 13.1. The molecule has 0 fully saturated rings. The topological polar surface area (TPSA) is 80.5 Å². The van der Waals surface area contributed by atoms with Crippen LogP contribution in [-0.4, -0.2) is 20.2 Å². The normalized spacial score (nSPS) is 12.0. The van der Waals surface area contributed by atoms with E-state index in [1.165, 1.54) is 18.6 Å². The van der Waals surface area contributed by atoms with Crippen LogP contribution in [0.2, 0.25) is 0 Å². The zero-order valence-corrected chi connectivity index (χ0v) is 10.6. The second kappa shape index (κ2) is 4.81. The van der Waals surface area contributed by atoms with Crippen LogP contribution in [0.4, 0.5) is 13.2 Å². The molecule has 0 radical (unpaired) electrons. The highest BCUT2D eigenvalue weighted by Crippen LogP contribution is 2.35. The van der Waals surface area contributed by atoms with Crippen LogP contribution in [0.15, 0.2) is 30.7 Å². The van der Waals surface area contributed by atoms with Crippen LogP contribution in [0.3, 0.4) is 0 Å². The Kier molecular flexibility index (Phi) is 3.09. The van der Waals surface area contributed by atoms with E-state index in [0.717, 1.165) is 6.07 Å². The van der Waals surface area contributed by atoms with Gasteiger partial charge in [-0.25, -0.2) is 9.97 Å². The molecule has 0 aliphatic heterocycles. The number of aromatic nitrogens is 4. The lowest BCUT2D eigenvalue weighted by molar-refractivity contribution is -0.138. The van der Waals surface area contributed by atoms with E-state index in [1.54, 1.807) is 6.07 Å². The maximum Gasteiger partial charge on any atom is 0.416 e. The van der Waals surface area contributed by atoms with Crippen molar-refractivity contribution in [2.45, 2.75) is 12.7 Å². The Morgan fingerprint density at radius 1 is 1.19 bits per heavy atom. The second-order valence-corrected chi connectivity index (χ2v) is 4.43. The minimum absolute atomic E-state index is 0.0451. The molecule has 0 saturated carbocycles. The zero-order chi connectivity index (χ0) is 15.0. The van der Waals surface area contributed by atoms with Gasteiger partial charge in [-0.3, -0.25) is 5.10 Å². The van der Waals surface area contributed by atoms with Crippen molar-refractivity contribution in [2.24, 2.45) is 5.73 Å². The molecule has 5 nitrogen and oxygen atoms in total. The van der Waals surface area contributed by atoms with Gasteiger partial charge in [-0.15, -0.1) is 0 Å². The van der Waals surface area contributed by atoms with Gasteiger partial charge in [0.1, 0.15) is 6.33 Å². The Balaban J connectivity index is 2.22. The summed E-state index contributed by atoms with van der Waals surface area (Å²) in [5.74, 6) is 0. The first-order valence-corrected chi connectivity index (χ1v) is 6.05. The molecule has 3 rings (SSSR count). The first kappa shape index (κ1) is 13.5. The Morgan fingerprint density at radius 3 is 2.71 bits per heavy atom. The summed E-state index contributed by atoms with van der Waals surface area (Å²) in [7, 11) is 0. The van der Waals surface area contributed by atoms with E-state index >= 15 is 0 Å². The van der Waals surface area contributed by atoms with Crippen LogP contribution < -0.4 is 5.73 Å². The first-order valence-electron chi connectivity index (χ1n) is 6.05. The number of nitrogens with zero attached hydrogens (tertiary/aromatic N) is 3. The largest absolute Gasteiger partial charge is 0.416 e. The fourth-order valence-electron chi connectivity index (χ4n) is 2.16. The number of aromatic amines is 1. The summed E-state index contributed by atoms with van der Waals surface area (Å²) >= 11 is 0. The predicted molar refractivity (Wildman–Crippen MR) is 70.0 cm³/mol. The van der Waals surface area contributed by atoms with Gasteiger partial charge in [-0.1, -0.05) is 12.1 Å². The molecule has 8 heteroatoms. The summed E-state index contributed by atoms with van der Waals surface area (Å²) in [4.78, 5) is 8.02. The molecule has 0 aliphatic carbocycles. The molecule has 21 heavy (non-hydrogen) atoms. The van der Waals surface area contributed by atoms with E-state index in [-0.39, 0.29) is 12.1 Å². The maximum atomic E-state index is 13.1. The monoisotopic (exact) mass is 293 g/mol. The van der Waals surface area contributed by atoms with E-state index in [0.29, 0.717) is 22.3 Å². The van der Waals surface area contributed by atoms with Crippen LogP contribution in [0.25, 0.3) is 22.3 Å². The van der Waals surface area contributed by atoms with E-state index in [1.807, 2.05) is 0 Å². The van der Waals surface area contributed by atoms with Crippen LogP contribution in [0, 0.1) is 0 Å². The molecule has 3 N–H and O–H groups in total. The average Bonchev–Trinajstić information content (AvgIpc) is 2.94. The first-order chi connectivity index (χ1) is 10.0. The highest BCUT2D eigenvalue weighted by Gasteiger charge is 2.33. The molecular weight excluding hydrogens is 283 g/mol. The van der Waals surface area contributed by atoms with Gasteiger partial charge in [0, 0.05) is 12.1 Å². The Hall–Kier alpha value is -2.48. The molecule has 0 amide bonds. The lowest BCUT2D eigenvalue weighted by atomic mass is 10.0. The summed E-state index contributed by atoms with van der Waals surface area (Å²) in [6.07, 6.45) is -1.71. The molecule has 3 aromatic rings.